The Hall–Kier alpha value is -0.500. The van der Waals surface area contributed by atoms with Gasteiger partial charge < -0.3 is 20.1 Å². The normalized spacial score (nSPS) is 40.9. The summed E-state index contributed by atoms with van der Waals surface area (Å²) in [5, 5.41) is 31.5. The van der Waals surface area contributed by atoms with Gasteiger partial charge in [-0.1, -0.05) is 5.11 Å². The van der Waals surface area contributed by atoms with Gasteiger partial charge in [0, 0.05) is 4.91 Å². The molecule has 0 spiro atoms. The lowest BCUT2D eigenvalue weighted by atomic mass is 9.99. The predicted octanol–water partition coefficient (Wildman–Crippen LogP) is -0.533. The number of hydrogen-bond donors (Lipinski definition) is 3. The van der Waals surface area contributed by atoms with Crippen LogP contribution in [0.5, 0.6) is 0 Å². The summed E-state index contributed by atoms with van der Waals surface area (Å²) in [7, 11) is 0. The Morgan fingerprint density at radius 3 is 2.60 bits per heavy atom. The summed E-state index contributed by atoms with van der Waals surface area (Å²) in [5.74, 6) is 0. The lowest BCUT2D eigenvalue weighted by Gasteiger charge is -2.39. The molecule has 0 radical (unpaired) electrons. The van der Waals surface area contributed by atoms with E-state index >= 15 is 0 Å². The number of rotatable bonds is 3. The molecule has 0 bridgehead atoms. The van der Waals surface area contributed by atoms with Crippen LogP contribution in [0.25, 0.3) is 10.4 Å². The Balaban J connectivity index is 2.83. The molecule has 1 aliphatic heterocycles. The van der Waals surface area contributed by atoms with Gasteiger partial charge in [-0.05, 0) is 11.8 Å². The van der Waals surface area contributed by atoms with E-state index < -0.39 is 36.4 Å². The first kappa shape index (κ1) is 12.6. The molecule has 0 aromatic heterocycles. The van der Waals surface area contributed by atoms with E-state index in [-0.39, 0.29) is 0 Å². The average Bonchev–Trinajstić information content (AvgIpc) is 2.25. The lowest BCUT2D eigenvalue weighted by Crippen LogP contribution is -2.56. The van der Waals surface area contributed by atoms with Crippen molar-refractivity contribution in [2.45, 2.75) is 29.8 Å². The van der Waals surface area contributed by atoms with Crippen LogP contribution in [0.3, 0.4) is 0 Å². The highest BCUT2D eigenvalue weighted by Crippen LogP contribution is 2.29. The number of thioether (sulfide) groups is 1. The third-order valence-electron chi connectivity index (χ3n) is 2.27. The SMILES string of the molecule is CSC1OC(CO)[C@@H](O)[C@H](O)[C@@H]1N=[N+]=[N-]. The smallest absolute Gasteiger partial charge is 0.114 e. The molecule has 7 nitrogen and oxygen atoms in total. The van der Waals surface area contributed by atoms with Gasteiger partial charge in [0.15, 0.2) is 0 Å². The minimum Gasteiger partial charge on any atom is -0.394 e. The monoisotopic (exact) mass is 235 g/mol. The Kier molecular flexibility index (Phi) is 4.65. The second kappa shape index (κ2) is 5.55. The minimum absolute atomic E-state index is 0.391. The first-order chi connectivity index (χ1) is 7.15. The summed E-state index contributed by atoms with van der Waals surface area (Å²) < 4.78 is 5.27. The highest BCUT2D eigenvalue weighted by molar-refractivity contribution is 7.99. The van der Waals surface area contributed by atoms with Crippen molar-refractivity contribution < 1.29 is 20.1 Å². The lowest BCUT2D eigenvalue weighted by molar-refractivity contribution is -0.165. The van der Waals surface area contributed by atoms with Crippen LogP contribution in [-0.4, -0.2) is 58.0 Å². The maximum Gasteiger partial charge on any atom is 0.114 e. The maximum atomic E-state index is 9.65. The first-order valence-corrected chi connectivity index (χ1v) is 5.64. The molecule has 0 aromatic carbocycles. The second-order valence-electron chi connectivity index (χ2n) is 3.14. The highest BCUT2D eigenvalue weighted by Gasteiger charge is 2.43. The molecule has 0 amide bonds. The van der Waals surface area contributed by atoms with Crippen molar-refractivity contribution in [3.63, 3.8) is 0 Å². The standard InChI is InChI=1S/C7H13N3O4S/c1-15-7-4(9-10-8)6(13)5(12)3(2-11)14-7/h3-7,11-13H,2H2,1H3/t3?,4-,5+,6+,7?/m0/s1. The van der Waals surface area contributed by atoms with E-state index in [1.165, 1.54) is 11.8 Å². The Labute approximate surface area is 90.7 Å². The number of nitrogens with zero attached hydrogens (tertiary/aromatic N) is 3. The Morgan fingerprint density at radius 2 is 2.13 bits per heavy atom. The third kappa shape index (κ3) is 2.54. The summed E-state index contributed by atoms with van der Waals surface area (Å²) >= 11 is 1.25. The third-order valence-corrected chi connectivity index (χ3v) is 3.12. The molecule has 2 unspecified atom stereocenters. The summed E-state index contributed by atoms with van der Waals surface area (Å²) in [6.45, 7) is -0.391. The fourth-order valence-corrected chi connectivity index (χ4v) is 2.19. The maximum absolute atomic E-state index is 9.65. The number of aliphatic hydroxyl groups is 3. The van der Waals surface area contributed by atoms with Gasteiger partial charge in [0.25, 0.3) is 0 Å². The number of ether oxygens (including phenoxy) is 1. The van der Waals surface area contributed by atoms with E-state index in [4.69, 9.17) is 15.4 Å². The van der Waals surface area contributed by atoms with Gasteiger partial charge in [0.1, 0.15) is 23.7 Å². The minimum atomic E-state index is -1.24. The van der Waals surface area contributed by atoms with Crippen molar-refractivity contribution in [3.8, 4) is 0 Å². The first-order valence-electron chi connectivity index (χ1n) is 4.35. The van der Waals surface area contributed by atoms with Gasteiger partial charge in [-0.2, -0.15) is 0 Å². The van der Waals surface area contributed by atoms with Gasteiger partial charge in [0.05, 0.1) is 12.7 Å². The quantitative estimate of drug-likeness (QED) is 0.345. The highest BCUT2D eigenvalue weighted by atomic mass is 32.2. The summed E-state index contributed by atoms with van der Waals surface area (Å²) in [4.78, 5) is 2.59. The summed E-state index contributed by atoms with van der Waals surface area (Å²) in [5.41, 5.74) is 7.75. The molecule has 86 valence electrons. The molecular formula is C7H13N3O4S. The molecular weight excluding hydrogens is 222 g/mol. The fraction of sp³-hybridized carbons (Fsp3) is 1.00. The van der Waals surface area contributed by atoms with E-state index in [0.29, 0.717) is 0 Å². The van der Waals surface area contributed by atoms with Crippen molar-refractivity contribution in [1.82, 2.24) is 0 Å². The van der Waals surface area contributed by atoms with Crippen LogP contribution in [0.4, 0.5) is 0 Å². The van der Waals surface area contributed by atoms with Crippen molar-refractivity contribution in [3.05, 3.63) is 10.4 Å². The number of aliphatic hydroxyl groups excluding tert-OH is 3. The van der Waals surface area contributed by atoms with Crippen LogP contribution < -0.4 is 0 Å². The van der Waals surface area contributed by atoms with Gasteiger partial charge in [-0.15, -0.1) is 11.8 Å². The molecule has 8 heteroatoms. The Morgan fingerprint density at radius 1 is 1.47 bits per heavy atom. The van der Waals surface area contributed by atoms with Crippen LogP contribution in [-0.2, 0) is 4.74 Å². The molecule has 0 saturated carbocycles. The van der Waals surface area contributed by atoms with Crippen molar-refractivity contribution in [2.75, 3.05) is 12.9 Å². The summed E-state index contributed by atoms with van der Waals surface area (Å²) in [6.07, 6.45) is -1.58. The zero-order valence-electron chi connectivity index (χ0n) is 8.09. The molecule has 1 saturated heterocycles. The van der Waals surface area contributed by atoms with Crippen LogP contribution in [0.1, 0.15) is 0 Å². The number of hydrogen-bond acceptors (Lipinski definition) is 6. The molecule has 3 N–H and O–H groups in total. The molecule has 0 aliphatic carbocycles. The molecule has 1 fully saturated rings. The van der Waals surface area contributed by atoms with Crippen LogP contribution >= 0.6 is 11.8 Å². The average molecular weight is 235 g/mol. The van der Waals surface area contributed by atoms with E-state index in [2.05, 4.69) is 10.0 Å². The topological polar surface area (TPSA) is 119 Å². The fourth-order valence-electron chi connectivity index (χ4n) is 1.44. The largest absolute Gasteiger partial charge is 0.394 e. The predicted molar refractivity (Wildman–Crippen MR) is 54.2 cm³/mol. The Bertz CT molecular complexity index is 259. The molecule has 1 heterocycles. The van der Waals surface area contributed by atoms with Crippen molar-refractivity contribution >= 4 is 11.8 Å². The van der Waals surface area contributed by atoms with Gasteiger partial charge in [-0.25, -0.2) is 0 Å². The number of azide groups is 1. The molecule has 1 rings (SSSR count). The van der Waals surface area contributed by atoms with E-state index in [0.717, 1.165) is 0 Å². The molecule has 1 aliphatic rings. The van der Waals surface area contributed by atoms with E-state index in [1.807, 2.05) is 0 Å². The molecule has 15 heavy (non-hydrogen) atoms. The van der Waals surface area contributed by atoms with Gasteiger partial charge in [0.2, 0.25) is 0 Å². The molecule has 5 atom stereocenters. The zero-order chi connectivity index (χ0) is 11.4. The molecule has 0 aromatic rings. The van der Waals surface area contributed by atoms with Crippen molar-refractivity contribution in [2.24, 2.45) is 5.11 Å². The van der Waals surface area contributed by atoms with Crippen molar-refractivity contribution in [1.29, 1.82) is 0 Å². The van der Waals surface area contributed by atoms with Crippen LogP contribution in [0, 0.1) is 0 Å². The zero-order valence-corrected chi connectivity index (χ0v) is 8.91. The summed E-state index contributed by atoms with van der Waals surface area (Å²) in [6, 6.07) is -0.845. The van der Waals surface area contributed by atoms with Gasteiger partial charge >= 0.3 is 0 Å². The van der Waals surface area contributed by atoms with Crippen LogP contribution in [0.15, 0.2) is 5.11 Å². The van der Waals surface area contributed by atoms with Crippen LogP contribution in [0.2, 0.25) is 0 Å². The van der Waals surface area contributed by atoms with E-state index in [9.17, 15) is 10.2 Å². The van der Waals surface area contributed by atoms with Gasteiger partial charge in [-0.3, -0.25) is 0 Å². The van der Waals surface area contributed by atoms with E-state index in [1.54, 1.807) is 6.26 Å². The second-order valence-corrected chi connectivity index (χ2v) is 4.07.